The maximum Gasteiger partial charge on any atom is -0.00292 e. The summed E-state index contributed by atoms with van der Waals surface area (Å²) in [6.45, 7) is 7.92. The van der Waals surface area contributed by atoms with Gasteiger partial charge in [0.05, 0.1) is 0 Å². The summed E-state index contributed by atoms with van der Waals surface area (Å²) in [5, 5.41) is 0. The first-order valence-corrected chi connectivity index (χ1v) is 4.68. The van der Waals surface area contributed by atoms with Gasteiger partial charge in [0.15, 0.2) is 0 Å². The molecule has 1 rings (SSSR count). The Hall–Kier alpha value is -0.950. The van der Waals surface area contributed by atoms with Gasteiger partial charge in [-0.05, 0) is 41.5 Å². The lowest BCUT2D eigenvalue weighted by Gasteiger charge is -2.05. The highest BCUT2D eigenvalue weighted by atomic mass is 32.1. The fraction of sp³-hybridized carbons (Fsp3) is 0.167. The fourth-order valence-corrected chi connectivity index (χ4v) is 1.54. The van der Waals surface area contributed by atoms with Crippen molar-refractivity contribution in [1.82, 2.24) is 0 Å². The minimum atomic E-state index is 0.792. The molecule has 13 heavy (non-hydrogen) atoms. The minimum Gasteiger partial charge on any atom is -0.144 e. The van der Waals surface area contributed by atoms with Crippen molar-refractivity contribution in [3.05, 3.63) is 53.0 Å². The Kier molecular flexibility index (Phi) is 3.38. The highest BCUT2D eigenvalue weighted by molar-refractivity contribution is 7.84. The Morgan fingerprint density at radius 1 is 1.38 bits per heavy atom. The molecule has 0 spiro atoms. The van der Waals surface area contributed by atoms with E-state index in [1.54, 1.807) is 0 Å². The molecule has 0 aliphatic rings. The van der Waals surface area contributed by atoms with Gasteiger partial charge in [0, 0.05) is 0 Å². The predicted molar refractivity (Wildman–Crippen MR) is 63.0 cm³/mol. The van der Waals surface area contributed by atoms with Crippen LogP contribution >= 0.6 is 12.6 Å². The Morgan fingerprint density at radius 2 is 2.00 bits per heavy atom. The van der Waals surface area contributed by atoms with E-state index in [0.29, 0.717) is 0 Å². The van der Waals surface area contributed by atoms with Gasteiger partial charge in [0.2, 0.25) is 0 Å². The molecule has 0 aliphatic heterocycles. The Bertz CT molecular complexity index is 348. The Morgan fingerprint density at radius 3 is 2.54 bits per heavy atom. The van der Waals surface area contributed by atoms with Crippen LogP contribution in [0, 0.1) is 6.92 Å². The lowest BCUT2D eigenvalue weighted by atomic mass is 10.0. The zero-order valence-electron chi connectivity index (χ0n) is 8.04. The number of hydrogen-bond acceptors (Lipinski definition) is 1. The van der Waals surface area contributed by atoms with E-state index in [-0.39, 0.29) is 0 Å². The molecule has 0 heterocycles. The molecular weight excluding hydrogens is 176 g/mol. The molecule has 0 saturated carbocycles. The summed E-state index contributed by atoms with van der Waals surface area (Å²) in [4.78, 5) is 0.792. The standard InChI is InChI=1S/C12H14S/c1-9-6-4-5-7-12(9)10(2)8-11(3)13/h4-8,13H,3H2,1-2H3/b10-8+. The van der Waals surface area contributed by atoms with Crippen molar-refractivity contribution in [2.45, 2.75) is 13.8 Å². The van der Waals surface area contributed by atoms with Crippen molar-refractivity contribution in [2.75, 3.05) is 0 Å². The van der Waals surface area contributed by atoms with Crippen molar-refractivity contribution in [3.8, 4) is 0 Å². The van der Waals surface area contributed by atoms with Gasteiger partial charge in [-0.1, -0.05) is 30.8 Å². The molecule has 0 bridgehead atoms. The molecule has 0 fully saturated rings. The number of thiol groups is 1. The number of benzene rings is 1. The van der Waals surface area contributed by atoms with Gasteiger partial charge in [-0.3, -0.25) is 0 Å². The lowest BCUT2D eigenvalue weighted by Crippen LogP contribution is -1.84. The van der Waals surface area contributed by atoms with E-state index in [1.165, 1.54) is 16.7 Å². The monoisotopic (exact) mass is 190 g/mol. The second-order valence-corrected chi connectivity index (χ2v) is 3.71. The first-order valence-electron chi connectivity index (χ1n) is 4.23. The maximum absolute atomic E-state index is 4.15. The molecule has 0 unspecified atom stereocenters. The highest BCUT2D eigenvalue weighted by Crippen LogP contribution is 2.19. The van der Waals surface area contributed by atoms with Crippen LogP contribution in [0.15, 0.2) is 41.8 Å². The molecule has 0 saturated heterocycles. The van der Waals surface area contributed by atoms with Crippen LogP contribution in [-0.4, -0.2) is 0 Å². The molecule has 0 aromatic heterocycles. The van der Waals surface area contributed by atoms with E-state index in [2.05, 4.69) is 45.2 Å². The van der Waals surface area contributed by atoms with Crippen LogP contribution in [0.25, 0.3) is 5.57 Å². The van der Waals surface area contributed by atoms with Gasteiger partial charge in [-0.15, -0.1) is 12.6 Å². The summed E-state index contributed by atoms with van der Waals surface area (Å²) in [5.74, 6) is 0. The molecule has 68 valence electrons. The van der Waals surface area contributed by atoms with Crippen molar-refractivity contribution in [3.63, 3.8) is 0 Å². The van der Waals surface area contributed by atoms with E-state index in [4.69, 9.17) is 0 Å². The third-order valence-corrected chi connectivity index (χ3v) is 2.08. The van der Waals surface area contributed by atoms with E-state index >= 15 is 0 Å². The van der Waals surface area contributed by atoms with Crippen LogP contribution in [0.5, 0.6) is 0 Å². The van der Waals surface area contributed by atoms with Crippen LogP contribution in [0.4, 0.5) is 0 Å². The van der Waals surface area contributed by atoms with Crippen LogP contribution in [0.2, 0.25) is 0 Å². The Labute approximate surface area is 85.4 Å². The molecule has 0 atom stereocenters. The van der Waals surface area contributed by atoms with Gasteiger partial charge in [0.1, 0.15) is 0 Å². The smallest absolute Gasteiger partial charge is 0.00292 e. The van der Waals surface area contributed by atoms with Gasteiger partial charge < -0.3 is 0 Å². The van der Waals surface area contributed by atoms with E-state index < -0.39 is 0 Å². The van der Waals surface area contributed by atoms with Crippen LogP contribution in [-0.2, 0) is 0 Å². The zero-order valence-corrected chi connectivity index (χ0v) is 8.94. The summed E-state index contributed by atoms with van der Waals surface area (Å²) in [7, 11) is 0. The third kappa shape index (κ3) is 2.78. The first kappa shape index (κ1) is 10.1. The molecular formula is C12H14S. The third-order valence-electron chi connectivity index (χ3n) is 1.95. The number of hydrogen-bond donors (Lipinski definition) is 1. The fourth-order valence-electron chi connectivity index (χ4n) is 1.34. The van der Waals surface area contributed by atoms with Crippen LogP contribution in [0.1, 0.15) is 18.1 Å². The van der Waals surface area contributed by atoms with E-state index in [0.717, 1.165) is 4.91 Å². The molecule has 0 N–H and O–H groups in total. The Balaban J connectivity index is 3.08. The summed E-state index contributed by atoms with van der Waals surface area (Å²) < 4.78 is 0. The second-order valence-electron chi connectivity index (χ2n) is 3.13. The quantitative estimate of drug-likeness (QED) is 0.531. The average molecular weight is 190 g/mol. The molecule has 0 nitrogen and oxygen atoms in total. The first-order chi connectivity index (χ1) is 6.11. The van der Waals surface area contributed by atoms with Crippen LogP contribution < -0.4 is 0 Å². The summed E-state index contributed by atoms with van der Waals surface area (Å²) >= 11 is 4.15. The summed E-state index contributed by atoms with van der Waals surface area (Å²) in [6.07, 6.45) is 1.98. The molecule has 0 radical (unpaired) electrons. The van der Waals surface area contributed by atoms with E-state index in [1.807, 2.05) is 18.2 Å². The predicted octanol–water partition coefficient (Wildman–Crippen LogP) is 3.84. The largest absolute Gasteiger partial charge is 0.144 e. The van der Waals surface area contributed by atoms with Crippen LogP contribution in [0.3, 0.4) is 0 Å². The number of rotatable bonds is 2. The molecule has 1 aromatic carbocycles. The van der Waals surface area contributed by atoms with E-state index in [9.17, 15) is 0 Å². The lowest BCUT2D eigenvalue weighted by molar-refractivity contribution is 1.41. The average Bonchev–Trinajstić information content (AvgIpc) is 2.03. The van der Waals surface area contributed by atoms with Gasteiger partial charge in [-0.2, -0.15) is 0 Å². The number of aryl methyl sites for hydroxylation is 1. The van der Waals surface area contributed by atoms with Crippen molar-refractivity contribution < 1.29 is 0 Å². The molecule has 0 aliphatic carbocycles. The SMILES string of the molecule is C=C(S)/C=C(\C)c1ccccc1C. The van der Waals surface area contributed by atoms with Gasteiger partial charge in [-0.25, -0.2) is 0 Å². The summed E-state index contributed by atoms with van der Waals surface area (Å²) in [6, 6.07) is 8.30. The normalized spacial score (nSPS) is 11.5. The summed E-state index contributed by atoms with van der Waals surface area (Å²) in [5.41, 5.74) is 3.75. The number of allylic oxidation sites excluding steroid dienone is 2. The van der Waals surface area contributed by atoms with Crippen molar-refractivity contribution >= 4 is 18.2 Å². The van der Waals surface area contributed by atoms with Crippen molar-refractivity contribution in [1.29, 1.82) is 0 Å². The minimum absolute atomic E-state index is 0.792. The molecule has 1 aromatic rings. The van der Waals surface area contributed by atoms with Gasteiger partial charge in [0.25, 0.3) is 0 Å². The second kappa shape index (κ2) is 4.33. The van der Waals surface area contributed by atoms with Crippen molar-refractivity contribution in [2.24, 2.45) is 0 Å². The molecule has 1 heteroatoms. The highest BCUT2D eigenvalue weighted by Gasteiger charge is 1.97. The topological polar surface area (TPSA) is 0 Å². The van der Waals surface area contributed by atoms with Gasteiger partial charge >= 0.3 is 0 Å². The molecule has 0 amide bonds. The zero-order chi connectivity index (χ0) is 9.84. The maximum atomic E-state index is 4.15.